The Morgan fingerprint density at radius 2 is 2.00 bits per heavy atom. The molecule has 0 aromatic heterocycles. The molecule has 25 heavy (non-hydrogen) atoms. The monoisotopic (exact) mass is 397 g/mol. The molecule has 0 aliphatic heterocycles. The van der Waals surface area contributed by atoms with E-state index in [-0.39, 0.29) is 5.57 Å². The number of hydrogen-bond donors (Lipinski definition) is 2. The van der Waals surface area contributed by atoms with Crippen molar-refractivity contribution in [3.05, 3.63) is 69.3 Å². The van der Waals surface area contributed by atoms with Crippen LogP contribution in [0, 0.1) is 25.2 Å². The van der Waals surface area contributed by atoms with Gasteiger partial charge < -0.3 is 10.6 Å². The second-order valence-corrected chi connectivity index (χ2v) is 6.61. The van der Waals surface area contributed by atoms with Crippen molar-refractivity contribution in [2.45, 2.75) is 27.2 Å². The Labute approximate surface area is 156 Å². The van der Waals surface area contributed by atoms with E-state index in [1.54, 1.807) is 0 Å². The summed E-state index contributed by atoms with van der Waals surface area (Å²) < 4.78 is 0.976. The number of anilines is 2. The number of amides is 1. The smallest absolute Gasteiger partial charge is 0.267 e. The molecule has 0 atom stereocenters. The number of para-hydroxylation sites is 1. The van der Waals surface area contributed by atoms with Gasteiger partial charge >= 0.3 is 0 Å². The van der Waals surface area contributed by atoms with Crippen LogP contribution in [0.15, 0.2) is 52.6 Å². The van der Waals surface area contributed by atoms with Gasteiger partial charge in [0.25, 0.3) is 5.91 Å². The molecule has 0 fully saturated rings. The van der Waals surface area contributed by atoms with Gasteiger partial charge in [0.05, 0.1) is 0 Å². The summed E-state index contributed by atoms with van der Waals surface area (Å²) in [6, 6.07) is 13.6. The molecule has 0 saturated heterocycles. The van der Waals surface area contributed by atoms with Gasteiger partial charge in [-0.3, -0.25) is 4.79 Å². The van der Waals surface area contributed by atoms with Crippen LogP contribution in [0.1, 0.15) is 23.6 Å². The van der Waals surface area contributed by atoms with E-state index < -0.39 is 5.91 Å². The highest BCUT2D eigenvalue weighted by Crippen LogP contribution is 2.22. The maximum absolute atomic E-state index is 12.5. The van der Waals surface area contributed by atoms with Crippen molar-refractivity contribution in [3.8, 4) is 6.07 Å². The van der Waals surface area contributed by atoms with Crippen LogP contribution in [0.2, 0.25) is 0 Å². The fourth-order valence-electron chi connectivity index (χ4n) is 2.47. The molecule has 2 rings (SSSR count). The van der Waals surface area contributed by atoms with E-state index in [2.05, 4.69) is 26.6 Å². The van der Waals surface area contributed by atoms with Gasteiger partial charge in [-0.2, -0.15) is 5.26 Å². The van der Waals surface area contributed by atoms with Crippen molar-refractivity contribution in [2.75, 3.05) is 10.6 Å². The lowest BCUT2D eigenvalue weighted by atomic mass is 10.1. The molecule has 0 heterocycles. The average molecular weight is 398 g/mol. The van der Waals surface area contributed by atoms with Crippen LogP contribution in [-0.2, 0) is 11.2 Å². The lowest BCUT2D eigenvalue weighted by molar-refractivity contribution is -0.112. The summed E-state index contributed by atoms with van der Waals surface area (Å²) in [7, 11) is 0. The van der Waals surface area contributed by atoms with Crippen LogP contribution in [0.3, 0.4) is 0 Å². The molecule has 2 aromatic carbocycles. The number of nitriles is 1. The molecule has 1 amide bonds. The van der Waals surface area contributed by atoms with Gasteiger partial charge in [0, 0.05) is 22.0 Å². The number of carbonyl (C=O) groups excluding carboxylic acids is 1. The molecule has 4 nitrogen and oxygen atoms in total. The van der Waals surface area contributed by atoms with E-state index in [1.165, 1.54) is 6.20 Å². The second-order valence-electron chi connectivity index (χ2n) is 5.69. The molecular weight excluding hydrogens is 378 g/mol. The van der Waals surface area contributed by atoms with E-state index in [0.29, 0.717) is 0 Å². The zero-order valence-electron chi connectivity index (χ0n) is 14.5. The first-order valence-corrected chi connectivity index (χ1v) is 8.78. The standard InChI is InChI=1S/C20H20BrN3O/c1-4-15-7-5-6-13(2)19(15)24-20(25)16(11-22)12-23-18-9-8-17(21)10-14(18)3/h5-10,12,23H,4H2,1-3H3,(H,24,25)/b16-12-. The van der Waals surface area contributed by atoms with E-state index in [9.17, 15) is 10.1 Å². The zero-order chi connectivity index (χ0) is 18.4. The van der Waals surface area contributed by atoms with Gasteiger partial charge in [0.1, 0.15) is 11.6 Å². The summed E-state index contributed by atoms with van der Waals surface area (Å²) in [5.74, 6) is -0.422. The van der Waals surface area contributed by atoms with Crippen molar-refractivity contribution in [2.24, 2.45) is 0 Å². The minimum absolute atomic E-state index is 0.0209. The summed E-state index contributed by atoms with van der Waals surface area (Å²) >= 11 is 3.41. The van der Waals surface area contributed by atoms with E-state index >= 15 is 0 Å². The molecule has 0 aliphatic rings. The van der Waals surface area contributed by atoms with Gasteiger partial charge in [0.2, 0.25) is 0 Å². The maximum Gasteiger partial charge on any atom is 0.267 e. The van der Waals surface area contributed by atoms with Crippen LogP contribution >= 0.6 is 15.9 Å². The third-order valence-electron chi connectivity index (χ3n) is 3.90. The molecular formula is C20H20BrN3O. The number of nitrogens with zero attached hydrogens (tertiary/aromatic N) is 1. The average Bonchev–Trinajstić information content (AvgIpc) is 2.58. The van der Waals surface area contributed by atoms with Crippen molar-refractivity contribution < 1.29 is 4.79 Å². The van der Waals surface area contributed by atoms with Gasteiger partial charge in [-0.1, -0.05) is 41.1 Å². The molecule has 0 radical (unpaired) electrons. The minimum atomic E-state index is -0.422. The van der Waals surface area contributed by atoms with Crippen molar-refractivity contribution in [3.63, 3.8) is 0 Å². The first-order valence-electron chi connectivity index (χ1n) is 7.99. The molecule has 0 saturated carbocycles. The molecule has 0 aliphatic carbocycles. The Hall–Kier alpha value is -2.58. The number of nitrogens with one attached hydrogen (secondary N) is 2. The molecule has 0 bridgehead atoms. The highest BCUT2D eigenvalue weighted by Gasteiger charge is 2.13. The quantitative estimate of drug-likeness (QED) is 0.545. The second kappa shape index (κ2) is 8.50. The van der Waals surface area contributed by atoms with Crippen LogP contribution in [0.25, 0.3) is 0 Å². The first-order chi connectivity index (χ1) is 12.0. The number of rotatable bonds is 5. The molecule has 5 heteroatoms. The predicted octanol–water partition coefficient (Wildman–Crippen LogP) is 5.09. The first kappa shape index (κ1) is 18.8. The normalized spacial score (nSPS) is 10.9. The van der Waals surface area contributed by atoms with Crippen LogP contribution in [0.4, 0.5) is 11.4 Å². The predicted molar refractivity (Wildman–Crippen MR) is 105 cm³/mol. The molecule has 0 spiro atoms. The Morgan fingerprint density at radius 3 is 2.64 bits per heavy atom. The topological polar surface area (TPSA) is 64.9 Å². The summed E-state index contributed by atoms with van der Waals surface area (Å²) in [5, 5.41) is 15.2. The van der Waals surface area contributed by atoms with E-state index in [1.807, 2.05) is 63.2 Å². The fraction of sp³-hybridized carbons (Fsp3) is 0.200. The highest BCUT2D eigenvalue weighted by atomic mass is 79.9. The van der Waals surface area contributed by atoms with Crippen LogP contribution in [-0.4, -0.2) is 5.91 Å². The molecule has 128 valence electrons. The van der Waals surface area contributed by atoms with Crippen LogP contribution in [0.5, 0.6) is 0 Å². The number of benzene rings is 2. The minimum Gasteiger partial charge on any atom is -0.360 e. The Morgan fingerprint density at radius 1 is 1.24 bits per heavy atom. The lowest BCUT2D eigenvalue weighted by Gasteiger charge is -2.13. The SMILES string of the molecule is CCc1cccc(C)c1NC(=O)/C(C#N)=C\Nc1ccc(Br)cc1C. The van der Waals surface area contributed by atoms with Crippen molar-refractivity contribution in [1.29, 1.82) is 5.26 Å². The maximum atomic E-state index is 12.5. The summed E-state index contributed by atoms with van der Waals surface area (Å²) in [6.07, 6.45) is 2.24. The third-order valence-corrected chi connectivity index (χ3v) is 4.40. The summed E-state index contributed by atoms with van der Waals surface area (Å²) in [4.78, 5) is 12.5. The van der Waals surface area contributed by atoms with Gasteiger partial charge in [-0.05, 0) is 55.2 Å². The summed E-state index contributed by atoms with van der Waals surface area (Å²) in [6.45, 7) is 5.92. The fourth-order valence-corrected chi connectivity index (χ4v) is 2.95. The largest absolute Gasteiger partial charge is 0.360 e. The Kier molecular flexibility index (Phi) is 6.37. The van der Waals surface area contributed by atoms with Gasteiger partial charge in [-0.15, -0.1) is 0 Å². The third kappa shape index (κ3) is 4.71. The zero-order valence-corrected chi connectivity index (χ0v) is 16.1. The number of carbonyl (C=O) groups is 1. The lowest BCUT2D eigenvalue weighted by Crippen LogP contribution is -2.16. The number of halogens is 1. The number of hydrogen-bond acceptors (Lipinski definition) is 3. The van der Waals surface area contributed by atoms with Crippen molar-refractivity contribution in [1.82, 2.24) is 0 Å². The highest BCUT2D eigenvalue weighted by molar-refractivity contribution is 9.10. The van der Waals surface area contributed by atoms with Crippen molar-refractivity contribution >= 4 is 33.2 Å². The molecule has 0 unspecified atom stereocenters. The van der Waals surface area contributed by atoms with Crippen LogP contribution < -0.4 is 10.6 Å². The molecule has 2 N–H and O–H groups in total. The summed E-state index contributed by atoms with van der Waals surface area (Å²) in [5.41, 5.74) is 4.66. The van der Waals surface area contributed by atoms with Gasteiger partial charge in [0.15, 0.2) is 0 Å². The van der Waals surface area contributed by atoms with E-state index in [4.69, 9.17) is 0 Å². The Balaban J connectivity index is 2.20. The number of aryl methyl sites for hydroxylation is 3. The Bertz CT molecular complexity index is 866. The molecule has 2 aromatic rings. The van der Waals surface area contributed by atoms with E-state index in [0.717, 1.165) is 39.0 Å². The van der Waals surface area contributed by atoms with Gasteiger partial charge in [-0.25, -0.2) is 0 Å².